The molecule has 1 fully saturated rings. The van der Waals surface area contributed by atoms with Gasteiger partial charge < -0.3 is 5.32 Å². The predicted octanol–water partition coefficient (Wildman–Crippen LogP) is 1.56. The summed E-state index contributed by atoms with van der Waals surface area (Å²) in [5.74, 6) is -2.18. The molecule has 0 spiro atoms. The summed E-state index contributed by atoms with van der Waals surface area (Å²) in [5.41, 5.74) is 1.63. The molecule has 0 bridgehead atoms. The first-order valence-electron chi connectivity index (χ1n) is 7.39. The molecular formula is C16H19N3O4. The summed E-state index contributed by atoms with van der Waals surface area (Å²) in [6, 6.07) is 6.59. The molecule has 0 aromatic heterocycles. The summed E-state index contributed by atoms with van der Waals surface area (Å²) >= 11 is 0. The van der Waals surface area contributed by atoms with Crippen LogP contribution in [-0.4, -0.2) is 47.1 Å². The number of likely N-dealkylation sites (N-methyl/N-ethyl adjacent to an activating group) is 1. The molecule has 7 nitrogen and oxygen atoms in total. The molecule has 0 aliphatic carbocycles. The lowest BCUT2D eigenvalue weighted by Crippen LogP contribution is -2.38. The fourth-order valence-corrected chi connectivity index (χ4v) is 2.35. The maximum Gasteiger partial charge on any atom is 0.334 e. The molecule has 1 saturated heterocycles. The van der Waals surface area contributed by atoms with Crippen molar-refractivity contribution < 1.29 is 19.2 Å². The van der Waals surface area contributed by atoms with E-state index in [2.05, 4.69) is 5.32 Å². The lowest BCUT2D eigenvalue weighted by atomic mass is 9.97. The monoisotopic (exact) mass is 317 g/mol. The van der Waals surface area contributed by atoms with Crippen molar-refractivity contribution in [3.8, 4) is 0 Å². The Hall–Kier alpha value is -2.70. The van der Waals surface area contributed by atoms with Crippen LogP contribution in [0.2, 0.25) is 0 Å². The van der Waals surface area contributed by atoms with E-state index in [1.54, 1.807) is 12.1 Å². The van der Waals surface area contributed by atoms with E-state index >= 15 is 0 Å². The van der Waals surface area contributed by atoms with Crippen LogP contribution in [0.3, 0.4) is 0 Å². The number of carbonyl (C=O) groups is 4. The molecule has 1 aliphatic heterocycles. The lowest BCUT2D eigenvalue weighted by molar-refractivity contribution is -0.143. The van der Waals surface area contributed by atoms with Gasteiger partial charge >= 0.3 is 17.8 Å². The van der Waals surface area contributed by atoms with Crippen molar-refractivity contribution in [2.75, 3.05) is 18.9 Å². The van der Waals surface area contributed by atoms with E-state index in [0.717, 1.165) is 12.0 Å². The van der Waals surface area contributed by atoms with Crippen LogP contribution in [0, 0.1) is 0 Å². The van der Waals surface area contributed by atoms with E-state index in [4.69, 9.17) is 0 Å². The molecule has 7 heteroatoms. The molecule has 2 rings (SSSR count). The van der Waals surface area contributed by atoms with Crippen molar-refractivity contribution in [2.24, 2.45) is 0 Å². The van der Waals surface area contributed by atoms with Gasteiger partial charge in [0.1, 0.15) is 6.54 Å². The van der Waals surface area contributed by atoms with Crippen LogP contribution in [0.15, 0.2) is 24.3 Å². The summed E-state index contributed by atoms with van der Waals surface area (Å²) in [5, 5.41) is 2.71. The second-order valence-corrected chi connectivity index (χ2v) is 5.48. The standard InChI is InChI=1S/C16H19N3O4/c1-4-10(2)11-7-5-6-8-12(11)17-13(20)9-19-15(22)14(21)18(3)16(19)23/h5-8,10H,4,9H2,1-3H3,(H,17,20)/t10-/m0/s1. The first-order chi connectivity index (χ1) is 10.9. The summed E-state index contributed by atoms with van der Waals surface area (Å²) in [4.78, 5) is 48.4. The predicted molar refractivity (Wildman–Crippen MR) is 83.7 cm³/mol. The van der Waals surface area contributed by atoms with E-state index < -0.39 is 30.3 Å². The number of benzene rings is 1. The second-order valence-electron chi connectivity index (χ2n) is 5.48. The van der Waals surface area contributed by atoms with Crippen LogP contribution in [0.5, 0.6) is 0 Å². The average Bonchev–Trinajstić information content (AvgIpc) is 2.72. The topological polar surface area (TPSA) is 86.8 Å². The Balaban J connectivity index is 2.11. The van der Waals surface area contributed by atoms with Gasteiger partial charge in [-0.25, -0.2) is 9.69 Å². The molecule has 5 amide bonds. The van der Waals surface area contributed by atoms with Crippen molar-refractivity contribution in [3.63, 3.8) is 0 Å². The van der Waals surface area contributed by atoms with Gasteiger partial charge in [-0.3, -0.25) is 19.3 Å². The normalized spacial score (nSPS) is 16.0. The van der Waals surface area contributed by atoms with Gasteiger partial charge in [-0.1, -0.05) is 32.0 Å². The molecule has 23 heavy (non-hydrogen) atoms. The largest absolute Gasteiger partial charge is 0.334 e. The van der Waals surface area contributed by atoms with Crippen molar-refractivity contribution in [1.29, 1.82) is 0 Å². The molecule has 1 aliphatic rings. The number of rotatable bonds is 5. The SMILES string of the molecule is CC[C@H](C)c1ccccc1NC(=O)CN1C(=O)C(=O)N(C)C1=O. The highest BCUT2D eigenvalue weighted by Gasteiger charge is 2.43. The number of anilines is 1. The Morgan fingerprint density at radius 2 is 1.83 bits per heavy atom. The number of hydrogen-bond acceptors (Lipinski definition) is 4. The minimum absolute atomic E-state index is 0.259. The summed E-state index contributed by atoms with van der Waals surface area (Å²) in [6.07, 6.45) is 0.912. The van der Waals surface area contributed by atoms with Crippen molar-refractivity contribution >= 4 is 29.4 Å². The van der Waals surface area contributed by atoms with E-state index in [1.807, 2.05) is 26.0 Å². The number of carbonyl (C=O) groups excluding carboxylic acids is 4. The first kappa shape index (κ1) is 16.7. The number of urea groups is 1. The van der Waals surface area contributed by atoms with Gasteiger partial charge in [-0.05, 0) is 24.0 Å². The number of hydrogen-bond donors (Lipinski definition) is 1. The number of para-hydroxylation sites is 1. The molecule has 1 atom stereocenters. The third kappa shape index (κ3) is 3.23. The van der Waals surface area contributed by atoms with Gasteiger partial charge in [0.15, 0.2) is 0 Å². The van der Waals surface area contributed by atoms with Gasteiger partial charge in [0.05, 0.1) is 0 Å². The Kier molecular flexibility index (Phi) is 4.78. The Morgan fingerprint density at radius 1 is 1.17 bits per heavy atom. The Morgan fingerprint density at radius 3 is 2.39 bits per heavy atom. The highest BCUT2D eigenvalue weighted by molar-refractivity contribution is 6.44. The van der Waals surface area contributed by atoms with E-state index in [9.17, 15) is 19.2 Å². The molecular weight excluding hydrogens is 298 g/mol. The number of imide groups is 2. The first-order valence-corrected chi connectivity index (χ1v) is 7.39. The minimum Gasteiger partial charge on any atom is -0.324 e. The fraction of sp³-hybridized carbons (Fsp3) is 0.375. The molecule has 1 N–H and O–H groups in total. The smallest absolute Gasteiger partial charge is 0.324 e. The van der Waals surface area contributed by atoms with Crippen LogP contribution in [0.4, 0.5) is 10.5 Å². The van der Waals surface area contributed by atoms with E-state index in [1.165, 1.54) is 7.05 Å². The molecule has 0 saturated carbocycles. The van der Waals surface area contributed by atoms with Gasteiger partial charge in [0.2, 0.25) is 5.91 Å². The lowest BCUT2D eigenvalue weighted by Gasteiger charge is -2.17. The number of amides is 5. The van der Waals surface area contributed by atoms with Crippen LogP contribution < -0.4 is 5.32 Å². The second kappa shape index (κ2) is 6.60. The zero-order valence-corrected chi connectivity index (χ0v) is 13.3. The zero-order chi connectivity index (χ0) is 17.1. The van der Waals surface area contributed by atoms with Gasteiger partial charge in [-0.2, -0.15) is 0 Å². The molecule has 0 radical (unpaired) electrons. The summed E-state index contributed by atoms with van der Waals surface area (Å²) in [6.45, 7) is 3.61. The molecule has 1 aromatic carbocycles. The number of nitrogens with one attached hydrogen (secondary N) is 1. The maximum absolute atomic E-state index is 12.1. The molecule has 122 valence electrons. The van der Waals surface area contributed by atoms with Crippen LogP contribution in [-0.2, 0) is 14.4 Å². The highest BCUT2D eigenvalue weighted by atomic mass is 16.2. The summed E-state index contributed by atoms with van der Waals surface area (Å²) in [7, 11) is 1.21. The highest BCUT2D eigenvalue weighted by Crippen LogP contribution is 2.26. The van der Waals surface area contributed by atoms with Crippen molar-refractivity contribution in [1.82, 2.24) is 9.80 Å². The zero-order valence-electron chi connectivity index (χ0n) is 13.3. The quantitative estimate of drug-likeness (QED) is 0.659. The summed E-state index contributed by atoms with van der Waals surface area (Å²) < 4.78 is 0. The Labute approximate surface area is 134 Å². The van der Waals surface area contributed by atoms with Crippen molar-refractivity contribution in [2.45, 2.75) is 26.2 Å². The fourth-order valence-electron chi connectivity index (χ4n) is 2.35. The molecule has 0 unspecified atom stereocenters. The van der Waals surface area contributed by atoms with Gasteiger partial charge in [0, 0.05) is 12.7 Å². The average molecular weight is 317 g/mol. The third-order valence-corrected chi connectivity index (χ3v) is 3.93. The van der Waals surface area contributed by atoms with Gasteiger partial charge in [0.25, 0.3) is 0 Å². The van der Waals surface area contributed by atoms with Crippen LogP contribution in [0.25, 0.3) is 0 Å². The molecule has 1 aromatic rings. The van der Waals surface area contributed by atoms with Crippen LogP contribution in [0.1, 0.15) is 31.7 Å². The molecule has 1 heterocycles. The maximum atomic E-state index is 12.1. The third-order valence-electron chi connectivity index (χ3n) is 3.93. The van der Waals surface area contributed by atoms with E-state index in [0.29, 0.717) is 15.5 Å². The van der Waals surface area contributed by atoms with Crippen LogP contribution >= 0.6 is 0 Å². The number of nitrogens with zero attached hydrogens (tertiary/aromatic N) is 2. The van der Waals surface area contributed by atoms with Crippen molar-refractivity contribution in [3.05, 3.63) is 29.8 Å². The minimum atomic E-state index is -0.983. The van der Waals surface area contributed by atoms with Gasteiger partial charge in [-0.15, -0.1) is 0 Å². The Bertz CT molecular complexity index is 671. The van der Waals surface area contributed by atoms with E-state index in [-0.39, 0.29) is 5.92 Å².